The second kappa shape index (κ2) is 9.03. The van der Waals surface area contributed by atoms with Gasteiger partial charge in [0.1, 0.15) is 5.54 Å². The van der Waals surface area contributed by atoms with Gasteiger partial charge in [0.05, 0.1) is 0 Å². The summed E-state index contributed by atoms with van der Waals surface area (Å²) in [6.07, 6.45) is 2.72. The molecule has 0 spiro atoms. The van der Waals surface area contributed by atoms with E-state index in [0.29, 0.717) is 24.9 Å². The fourth-order valence-corrected chi connectivity index (χ4v) is 3.32. The molecule has 146 valence electrons. The second-order valence-electron chi connectivity index (χ2n) is 6.86. The van der Waals surface area contributed by atoms with E-state index in [4.69, 9.17) is 0 Å². The zero-order chi connectivity index (χ0) is 19.8. The van der Waals surface area contributed by atoms with Gasteiger partial charge in [-0.25, -0.2) is 4.79 Å². The number of rotatable bonds is 5. The van der Waals surface area contributed by atoms with Crippen molar-refractivity contribution in [2.75, 3.05) is 0 Å². The molecule has 0 heterocycles. The van der Waals surface area contributed by atoms with Gasteiger partial charge in [0.25, 0.3) is 11.8 Å². The van der Waals surface area contributed by atoms with Crippen LogP contribution in [0.2, 0.25) is 0 Å². The highest BCUT2D eigenvalue weighted by molar-refractivity contribution is 5.97. The van der Waals surface area contributed by atoms with Gasteiger partial charge in [-0.2, -0.15) is 0 Å². The monoisotopic (exact) mass is 380 g/mol. The van der Waals surface area contributed by atoms with Crippen LogP contribution in [0.25, 0.3) is 0 Å². The number of hydrogen-bond donors (Lipinski definition) is 4. The van der Waals surface area contributed by atoms with Crippen LogP contribution in [0.1, 0.15) is 41.6 Å². The molecule has 0 bridgehead atoms. The van der Waals surface area contributed by atoms with Crippen molar-refractivity contribution >= 4 is 17.8 Å². The predicted octanol–water partition coefficient (Wildman–Crippen LogP) is 2.26. The average molecular weight is 380 g/mol. The molecule has 3 rings (SSSR count). The first-order valence-electron chi connectivity index (χ1n) is 9.35. The van der Waals surface area contributed by atoms with Gasteiger partial charge in [0.15, 0.2) is 0 Å². The largest absolute Gasteiger partial charge is 0.334 e. The van der Waals surface area contributed by atoms with E-state index in [1.54, 1.807) is 30.3 Å². The first-order valence-corrected chi connectivity index (χ1v) is 9.35. The van der Waals surface area contributed by atoms with Crippen molar-refractivity contribution in [2.24, 2.45) is 0 Å². The molecule has 2 aromatic carbocycles. The number of hydrogen-bond acceptors (Lipinski definition) is 3. The molecule has 0 atom stereocenters. The SMILES string of the molecule is O=C(NCc1ccccc1)NC1(C(=O)NNC(=O)c2ccccc2)CCCC1. The topological polar surface area (TPSA) is 99.3 Å². The number of nitrogens with one attached hydrogen (secondary N) is 4. The number of hydrazine groups is 1. The van der Waals surface area contributed by atoms with Crippen molar-refractivity contribution in [3.05, 3.63) is 71.8 Å². The van der Waals surface area contributed by atoms with Crippen molar-refractivity contribution in [3.63, 3.8) is 0 Å². The van der Waals surface area contributed by atoms with Gasteiger partial charge in [-0.15, -0.1) is 0 Å². The molecule has 0 unspecified atom stereocenters. The minimum atomic E-state index is -1.02. The smallest absolute Gasteiger partial charge is 0.315 e. The molecule has 1 fully saturated rings. The molecular weight excluding hydrogens is 356 g/mol. The Morgan fingerprint density at radius 3 is 2.07 bits per heavy atom. The van der Waals surface area contributed by atoms with Crippen molar-refractivity contribution in [1.29, 1.82) is 0 Å². The third-order valence-electron chi connectivity index (χ3n) is 4.87. The molecule has 1 saturated carbocycles. The Labute approximate surface area is 163 Å². The van der Waals surface area contributed by atoms with Crippen LogP contribution in [-0.2, 0) is 11.3 Å². The summed E-state index contributed by atoms with van der Waals surface area (Å²) in [6, 6.07) is 17.7. The second-order valence-corrected chi connectivity index (χ2v) is 6.86. The van der Waals surface area contributed by atoms with Crippen LogP contribution in [0, 0.1) is 0 Å². The Morgan fingerprint density at radius 2 is 1.43 bits per heavy atom. The number of benzene rings is 2. The summed E-state index contributed by atoms with van der Waals surface area (Å²) in [5.41, 5.74) is 5.27. The van der Waals surface area contributed by atoms with Gasteiger partial charge in [-0.3, -0.25) is 20.4 Å². The summed E-state index contributed by atoms with van der Waals surface area (Å²) in [5.74, 6) is -0.820. The third kappa shape index (κ3) is 4.88. The Hall–Kier alpha value is -3.35. The van der Waals surface area contributed by atoms with Crippen LogP contribution in [-0.4, -0.2) is 23.4 Å². The molecule has 1 aliphatic rings. The van der Waals surface area contributed by atoms with Gasteiger partial charge >= 0.3 is 6.03 Å². The summed E-state index contributed by atoms with van der Waals surface area (Å²) in [7, 11) is 0. The normalized spacial score (nSPS) is 14.7. The van der Waals surface area contributed by atoms with Crippen LogP contribution >= 0.6 is 0 Å². The fraction of sp³-hybridized carbons (Fsp3) is 0.286. The summed E-state index contributed by atoms with van der Waals surface area (Å²) in [5, 5.41) is 5.59. The highest BCUT2D eigenvalue weighted by Crippen LogP contribution is 2.29. The van der Waals surface area contributed by atoms with Gasteiger partial charge in [-0.05, 0) is 30.5 Å². The van der Waals surface area contributed by atoms with Gasteiger partial charge < -0.3 is 10.6 Å². The molecule has 7 heteroatoms. The molecule has 0 saturated heterocycles. The first kappa shape index (κ1) is 19.4. The zero-order valence-corrected chi connectivity index (χ0v) is 15.5. The Morgan fingerprint density at radius 1 is 0.821 bits per heavy atom. The first-order chi connectivity index (χ1) is 13.6. The van der Waals surface area contributed by atoms with E-state index in [-0.39, 0.29) is 0 Å². The minimum Gasteiger partial charge on any atom is -0.334 e. The van der Waals surface area contributed by atoms with E-state index < -0.39 is 23.4 Å². The molecule has 4 N–H and O–H groups in total. The van der Waals surface area contributed by atoms with Gasteiger partial charge in [-0.1, -0.05) is 61.4 Å². The maximum Gasteiger partial charge on any atom is 0.315 e. The predicted molar refractivity (Wildman–Crippen MR) is 105 cm³/mol. The van der Waals surface area contributed by atoms with Crippen LogP contribution in [0.15, 0.2) is 60.7 Å². The molecule has 0 aliphatic heterocycles. The molecule has 0 radical (unpaired) electrons. The summed E-state index contributed by atoms with van der Waals surface area (Å²) >= 11 is 0. The lowest BCUT2D eigenvalue weighted by molar-refractivity contribution is -0.127. The van der Waals surface area contributed by atoms with Crippen molar-refractivity contribution < 1.29 is 14.4 Å². The van der Waals surface area contributed by atoms with E-state index in [1.165, 1.54) is 0 Å². The Kier molecular flexibility index (Phi) is 6.26. The van der Waals surface area contributed by atoms with Crippen molar-refractivity contribution in [1.82, 2.24) is 21.5 Å². The molecule has 4 amide bonds. The van der Waals surface area contributed by atoms with E-state index in [2.05, 4.69) is 21.5 Å². The van der Waals surface area contributed by atoms with Gasteiger partial charge in [0, 0.05) is 12.1 Å². The third-order valence-corrected chi connectivity index (χ3v) is 4.87. The van der Waals surface area contributed by atoms with E-state index in [1.807, 2.05) is 30.3 Å². The lowest BCUT2D eigenvalue weighted by Crippen LogP contribution is -2.61. The lowest BCUT2D eigenvalue weighted by Gasteiger charge is -2.29. The number of urea groups is 1. The average Bonchev–Trinajstić information content (AvgIpc) is 3.21. The standard InChI is InChI=1S/C21H24N4O3/c26-18(17-11-5-2-6-12-17)24-25-19(27)21(13-7-8-14-21)23-20(28)22-15-16-9-3-1-4-10-16/h1-6,9-12H,7-8,13-15H2,(H,24,26)(H,25,27)(H2,22,23,28). The summed E-state index contributed by atoms with van der Waals surface area (Å²) in [6.45, 7) is 0.370. The van der Waals surface area contributed by atoms with Crippen molar-refractivity contribution in [3.8, 4) is 0 Å². The molecule has 28 heavy (non-hydrogen) atoms. The van der Waals surface area contributed by atoms with E-state index >= 15 is 0 Å². The molecule has 1 aliphatic carbocycles. The highest BCUT2D eigenvalue weighted by Gasteiger charge is 2.42. The highest BCUT2D eigenvalue weighted by atomic mass is 16.2. The lowest BCUT2D eigenvalue weighted by atomic mass is 9.97. The quantitative estimate of drug-likeness (QED) is 0.599. The molecule has 2 aromatic rings. The molecule has 7 nitrogen and oxygen atoms in total. The van der Waals surface area contributed by atoms with Gasteiger partial charge in [0.2, 0.25) is 0 Å². The Bertz CT molecular complexity index is 818. The minimum absolute atomic E-state index is 0.370. The number of carbonyl (C=O) groups is 3. The summed E-state index contributed by atoms with van der Waals surface area (Å²) in [4.78, 5) is 37.2. The number of amides is 4. The van der Waals surface area contributed by atoms with Crippen LogP contribution in [0.5, 0.6) is 0 Å². The maximum absolute atomic E-state index is 12.7. The van der Waals surface area contributed by atoms with Crippen molar-refractivity contribution in [2.45, 2.75) is 37.8 Å². The molecule has 0 aromatic heterocycles. The van der Waals surface area contributed by atoms with E-state index in [0.717, 1.165) is 18.4 Å². The van der Waals surface area contributed by atoms with Crippen LogP contribution in [0.3, 0.4) is 0 Å². The zero-order valence-electron chi connectivity index (χ0n) is 15.5. The number of carbonyl (C=O) groups excluding carboxylic acids is 3. The van der Waals surface area contributed by atoms with Crippen LogP contribution < -0.4 is 21.5 Å². The fourth-order valence-electron chi connectivity index (χ4n) is 3.32. The van der Waals surface area contributed by atoms with E-state index in [9.17, 15) is 14.4 Å². The summed E-state index contributed by atoms with van der Waals surface area (Å²) < 4.78 is 0. The van der Waals surface area contributed by atoms with Crippen LogP contribution in [0.4, 0.5) is 4.79 Å². The maximum atomic E-state index is 12.7. The molecular formula is C21H24N4O3. The Balaban J connectivity index is 1.55.